The Morgan fingerprint density at radius 1 is 1.62 bits per heavy atom. The Bertz CT molecular complexity index is 340. The fourth-order valence-corrected chi connectivity index (χ4v) is 2.83. The number of hydrogen-bond acceptors (Lipinski definition) is 3. The van der Waals surface area contributed by atoms with Crippen molar-refractivity contribution in [3.05, 3.63) is 20.8 Å². The lowest BCUT2D eigenvalue weighted by Gasteiger charge is -2.10. The summed E-state index contributed by atoms with van der Waals surface area (Å²) in [5.74, 6) is 0.0113. The number of aliphatic hydroxyl groups excluding tert-OH is 1. The molecule has 0 spiro atoms. The van der Waals surface area contributed by atoms with Crippen LogP contribution >= 0.6 is 27.3 Å². The van der Waals surface area contributed by atoms with Gasteiger partial charge < -0.3 is 10.4 Å². The molecule has 0 radical (unpaired) electrons. The molecule has 0 aliphatic heterocycles. The molecule has 0 saturated carbocycles. The highest BCUT2D eigenvalue weighted by molar-refractivity contribution is 9.11. The first-order valence-electron chi connectivity index (χ1n) is 5.26. The van der Waals surface area contributed by atoms with Crippen LogP contribution in [0.4, 0.5) is 0 Å². The molecule has 0 fully saturated rings. The van der Waals surface area contributed by atoms with Crippen LogP contribution in [0, 0.1) is 0 Å². The fourth-order valence-electron chi connectivity index (χ4n) is 1.30. The van der Waals surface area contributed by atoms with Gasteiger partial charge in [0.05, 0.1) is 10.4 Å². The molecule has 1 rings (SSSR count). The number of aliphatic hydroxyl groups is 1. The Labute approximate surface area is 108 Å². The van der Waals surface area contributed by atoms with E-state index in [4.69, 9.17) is 5.11 Å². The van der Waals surface area contributed by atoms with Gasteiger partial charge in [-0.1, -0.05) is 0 Å². The van der Waals surface area contributed by atoms with Crippen molar-refractivity contribution in [2.24, 2.45) is 0 Å². The van der Waals surface area contributed by atoms with E-state index in [0.29, 0.717) is 6.42 Å². The molecule has 2 N–H and O–H groups in total. The van der Waals surface area contributed by atoms with Crippen LogP contribution < -0.4 is 5.32 Å². The van der Waals surface area contributed by atoms with Crippen LogP contribution in [0.1, 0.15) is 24.6 Å². The van der Waals surface area contributed by atoms with Gasteiger partial charge in [-0.15, -0.1) is 11.3 Å². The Hall–Kier alpha value is -0.390. The Balaban J connectivity index is 2.18. The lowest BCUT2D eigenvalue weighted by molar-refractivity contribution is -0.122. The zero-order valence-electron chi connectivity index (χ0n) is 9.20. The number of rotatable bonds is 6. The summed E-state index contributed by atoms with van der Waals surface area (Å²) in [6.07, 6.45) is 2.29. The summed E-state index contributed by atoms with van der Waals surface area (Å²) in [5.41, 5.74) is 0. The normalized spacial score (nSPS) is 12.4. The van der Waals surface area contributed by atoms with Crippen molar-refractivity contribution >= 4 is 33.2 Å². The average molecular weight is 306 g/mol. The molecule has 1 amide bonds. The predicted molar refractivity (Wildman–Crippen MR) is 69.6 cm³/mol. The van der Waals surface area contributed by atoms with E-state index in [0.717, 1.165) is 16.6 Å². The molecule has 0 unspecified atom stereocenters. The number of thiophene rings is 1. The Morgan fingerprint density at radius 3 is 2.94 bits per heavy atom. The highest BCUT2D eigenvalue weighted by Crippen LogP contribution is 2.23. The number of amides is 1. The van der Waals surface area contributed by atoms with Crippen LogP contribution in [0.5, 0.6) is 0 Å². The second kappa shape index (κ2) is 7.04. The largest absolute Gasteiger partial charge is 0.394 e. The van der Waals surface area contributed by atoms with Gasteiger partial charge in [0, 0.05) is 17.3 Å². The predicted octanol–water partition coefficient (Wildman–Crippen LogP) is 2.33. The fraction of sp³-hybridized carbons (Fsp3) is 0.545. The third kappa shape index (κ3) is 5.09. The minimum Gasteiger partial charge on any atom is -0.394 e. The van der Waals surface area contributed by atoms with Gasteiger partial charge in [0.25, 0.3) is 0 Å². The van der Waals surface area contributed by atoms with E-state index in [1.54, 1.807) is 18.3 Å². The summed E-state index contributed by atoms with van der Waals surface area (Å²) >= 11 is 5.11. The molecule has 1 atom stereocenters. The maximum absolute atomic E-state index is 11.4. The number of carbonyl (C=O) groups is 1. The lowest BCUT2D eigenvalue weighted by atomic mass is 10.2. The van der Waals surface area contributed by atoms with Crippen LogP contribution in [-0.2, 0) is 11.2 Å². The molecule has 0 saturated heterocycles. The van der Waals surface area contributed by atoms with Crippen LogP contribution in [0.25, 0.3) is 0 Å². The number of aryl methyl sites for hydroxylation is 1. The maximum Gasteiger partial charge on any atom is 0.220 e. The molecular formula is C11H16BrNO2S. The molecular weight excluding hydrogens is 290 g/mol. The van der Waals surface area contributed by atoms with Gasteiger partial charge in [0.15, 0.2) is 0 Å². The van der Waals surface area contributed by atoms with Gasteiger partial charge in [-0.2, -0.15) is 0 Å². The molecule has 0 aliphatic carbocycles. The van der Waals surface area contributed by atoms with E-state index in [-0.39, 0.29) is 18.6 Å². The molecule has 16 heavy (non-hydrogen) atoms. The number of halogens is 1. The third-order valence-corrected chi connectivity index (χ3v) is 3.82. The molecule has 90 valence electrons. The van der Waals surface area contributed by atoms with Crippen molar-refractivity contribution < 1.29 is 9.90 Å². The van der Waals surface area contributed by atoms with E-state index in [9.17, 15) is 4.79 Å². The molecule has 0 bridgehead atoms. The van der Waals surface area contributed by atoms with Gasteiger partial charge in [-0.3, -0.25) is 4.79 Å². The first kappa shape index (κ1) is 13.7. The van der Waals surface area contributed by atoms with Crippen LogP contribution in [-0.4, -0.2) is 23.7 Å². The van der Waals surface area contributed by atoms with Crippen LogP contribution in [0.15, 0.2) is 15.9 Å². The summed E-state index contributed by atoms with van der Waals surface area (Å²) < 4.78 is 1.13. The van der Waals surface area contributed by atoms with Crippen LogP contribution in [0.2, 0.25) is 0 Å². The summed E-state index contributed by atoms with van der Waals surface area (Å²) in [6.45, 7) is 1.78. The zero-order valence-corrected chi connectivity index (χ0v) is 11.6. The molecule has 1 aromatic heterocycles. The lowest BCUT2D eigenvalue weighted by Crippen LogP contribution is -2.34. The summed E-state index contributed by atoms with van der Waals surface area (Å²) in [7, 11) is 0. The first-order valence-corrected chi connectivity index (χ1v) is 6.87. The van der Waals surface area contributed by atoms with Crippen LogP contribution in [0.3, 0.4) is 0 Å². The van der Waals surface area contributed by atoms with E-state index in [2.05, 4.69) is 27.3 Å². The second-order valence-electron chi connectivity index (χ2n) is 3.71. The first-order chi connectivity index (χ1) is 7.61. The Morgan fingerprint density at radius 2 is 2.38 bits per heavy atom. The summed E-state index contributed by atoms with van der Waals surface area (Å²) in [4.78, 5) is 12.7. The number of nitrogens with one attached hydrogen (secondary N) is 1. The van der Waals surface area contributed by atoms with Crippen molar-refractivity contribution in [3.8, 4) is 0 Å². The zero-order chi connectivity index (χ0) is 12.0. The quantitative estimate of drug-likeness (QED) is 0.847. The molecule has 3 nitrogen and oxygen atoms in total. The molecule has 0 aliphatic rings. The molecule has 5 heteroatoms. The van der Waals surface area contributed by atoms with Gasteiger partial charge in [0.1, 0.15) is 0 Å². The van der Waals surface area contributed by atoms with E-state index >= 15 is 0 Å². The van der Waals surface area contributed by atoms with E-state index in [1.807, 2.05) is 6.07 Å². The van der Waals surface area contributed by atoms with Gasteiger partial charge in [0.2, 0.25) is 5.91 Å². The maximum atomic E-state index is 11.4. The van der Waals surface area contributed by atoms with Gasteiger partial charge in [-0.25, -0.2) is 0 Å². The highest BCUT2D eigenvalue weighted by atomic mass is 79.9. The standard InChI is InChI=1S/C11H16BrNO2S/c1-8(7-14)13-11(15)4-2-3-9-5-6-10(12)16-9/h5-6,8,14H,2-4,7H2,1H3,(H,13,15)/t8-/m1/s1. The topological polar surface area (TPSA) is 49.3 Å². The smallest absolute Gasteiger partial charge is 0.220 e. The highest BCUT2D eigenvalue weighted by Gasteiger charge is 2.06. The van der Waals surface area contributed by atoms with Gasteiger partial charge in [-0.05, 0) is 47.8 Å². The summed E-state index contributed by atoms with van der Waals surface area (Å²) in [5, 5.41) is 11.5. The SMILES string of the molecule is C[C@H](CO)NC(=O)CCCc1ccc(Br)s1. The van der Waals surface area contributed by atoms with Crippen molar-refractivity contribution in [2.45, 2.75) is 32.2 Å². The van der Waals surface area contributed by atoms with E-state index in [1.165, 1.54) is 4.88 Å². The van der Waals surface area contributed by atoms with E-state index < -0.39 is 0 Å². The Kier molecular flexibility index (Phi) is 6.01. The van der Waals surface area contributed by atoms with Crippen molar-refractivity contribution in [2.75, 3.05) is 6.61 Å². The molecule has 1 heterocycles. The minimum absolute atomic E-state index is 0.0103. The minimum atomic E-state index is -0.150. The molecule has 1 aromatic rings. The third-order valence-electron chi connectivity index (χ3n) is 2.14. The number of carbonyl (C=O) groups excluding carboxylic acids is 1. The monoisotopic (exact) mass is 305 g/mol. The summed E-state index contributed by atoms with van der Waals surface area (Å²) in [6, 6.07) is 3.94. The number of hydrogen-bond donors (Lipinski definition) is 2. The van der Waals surface area contributed by atoms with Crippen molar-refractivity contribution in [1.82, 2.24) is 5.32 Å². The van der Waals surface area contributed by atoms with Crippen molar-refractivity contribution in [1.29, 1.82) is 0 Å². The van der Waals surface area contributed by atoms with Gasteiger partial charge >= 0.3 is 0 Å². The molecule has 0 aromatic carbocycles. The van der Waals surface area contributed by atoms with Crippen molar-refractivity contribution in [3.63, 3.8) is 0 Å². The second-order valence-corrected chi connectivity index (χ2v) is 6.26. The average Bonchev–Trinajstić information content (AvgIpc) is 2.64.